The molecule has 0 radical (unpaired) electrons. The molecule has 170 valence electrons. The molecule has 0 amide bonds. The number of fused-ring (bicyclic) bond motifs is 1. The molecular formula is C26H24Cl2N2O3. The van der Waals surface area contributed by atoms with E-state index in [0.717, 1.165) is 30.6 Å². The van der Waals surface area contributed by atoms with Gasteiger partial charge in [-0.2, -0.15) is 0 Å². The molecule has 0 aliphatic rings. The average Bonchev–Trinajstić information content (AvgIpc) is 2.84. The molecule has 4 rings (SSSR count). The van der Waals surface area contributed by atoms with E-state index < -0.39 is 0 Å². The molecule has 0 fully saturated rings. The number of hydrogen-bond acceptors (Lipinski definition) is 4. The van der Waals surface area contributed by atoms with Gasteiger partial charge in [-0.05, 0) is 67.8 Å². The number of benzene rings is 3. The van der Waals surface area contributed by atoms with Gasteiger partial charge in [-0.15, -0.1) is 0 Å². The second-order valence-corrected chi connectivity index (χ2v) is 8.47. The molecule has 0 bridgehead atoms. The van der Waals surface area contributed by atoms with Crippen LogP contribution in [0.3, 0.4) is 0 Å². The predicted octanol–water partition coefficient (Wildman–Crippen LogP) is 6.63. The number of methoxy groups -OCH3 is 1. The van der Waals surface area contributed by atoms with E-state index in [1.165, 1.54) is 0 Å². The maximum Gasteiger partial charge on any atom is 0.261 e. The third-order valence-electron chi connectivity index (χ3n) is 5.39. The van der Waals surface area contributed by atoms with Crippen molar-refractivity contribution in [2.75, 3.05) is 13.7 Å². The summed E-state index contributed by atoms with van der Waals surface area (Å²) in [5.41, 5.74) is 1.53. The number of ether oxygens (including phenoxy) is 2. The molecular weight excluding hydrogens is 459 g/mol. The second-order valence-electron chi connectivity index (χ2n) is 7.62. The topological polar surface area (TPSA) is 53.3 Å². The van der Waals surface area contributed by atoms with Crippen LogP contribution in [0.25, 0.3) is 22.3 Å². The highest BCUT2D eigenvalue weighted by atomic mass is 35.5. The lowest BCUT2D eigenvalue weighted by Gasteiger charge is -2.14. The molecule has 0 N–H and O–H groups in total. The molecule has 7 heteroatoms. The highest BCUT2D eigenvalue weighted by Gasteiger charge is 2.13. The van der Waals surface area contributed by atoms with E-state index in [4.69, 9.17) is 37.7 Å². The van der Waals surface area contributed by atoms with Crippen LogP contribution >= 0.6 is 23.2 Å². The van der Waals surface area contributed by atoms with Crippen LogP contribution in [0.2, 0.25) is 10.0 Å². The quantitative estimate of drug-likeness (QED) is 0.251. The van der Waals surface area contributed by atoms with Crippen LogP contribution in [-0.4, -0.2) is 23.3 Å². The molecule has 1 aromatic heterocycles. The van der Waals surface area contributed by atoms with E-state index in [9.17, 15) is 4.79 Å². The Hall–Kier alpha value is -3.02. The lowest BCUT2D eigenvalue weighted by molar-refractivity contribution is 0.304. The standard InChI is InChI=1S/C26H24Cl2N2O3/c1-32-20-12-9-18(10-13-20)25-29-23-8-4-3-7-21(23)26(31)30(25)15-5-2-6-16-33-24-17-19(27)11-14-22(24)28/h3-4,7-14,17H,2,5-6,15-16H2,1H3. The molecule has 3 aromatic carbocycles. The number of rotatable bonds is 9. The van der Waals surface area contributed by atoms with E-state index >= 15 is 0 Å². The number of halogens is 2. The monoisotopic (exact) mass is 482 g/mol. The van der Waals surface area contributed by atoms with E-state index in [-0.39, 0.29) is 5.56 Å². The van der Waals surface area contributed by atoms with Gasteiger partial charge in [0.2, 0.25) is 0 Å². The summed E-state index contributed by atoms with van der Waals surface area (Å²) in [5.74, 6) is 2.00. The summed E-state index contributed by atoms with van der Waals surface area (Å²) in [4.78, 5) is 18.1. The Morgan fingerprint density at radius 1 is 0.939 bits per heavy atom. The third kappa shape index (κ3) is 5.49. The van der Waals surface area contributed by atoms with E-state index in [1.54, 1.807) is 29.9 Å². The van der Waals surface area contributed by atoms with Gasteiger partial charge < -0.3 is 9.47 Å². The van der Waals surface area contributed by atoms with Crippen molar-refractivity contribution in [3.05, 3.63) is 87.1 Å². The van der Waals surface area contributed by atoms with Gasteiger partial charge >= 0.3 is 0 Å². The molecule has 5 nitrogen and oxygen atoms in total. The van der Waals surface area contributed by atoms with Gasteiger partial charge in [0.05, 0.1) is 29.6 Å². The zero-order valence-corrected chi connectivity index (χ0v) is 19.8. The summed E-state index contributed by atoms with van der Waals surface area (Å²) in [5, 5.41) is 1.75. The first-order valence-electron chi connectivity index (χ1n) is 10.8. The van der Waals surface area contributed by atoms with Crippen molar-refractivity contribution in [3.8, 4) is 22.9 Å². The number of unbranched alkanes of at least 4 members (excludes halogenated alkanes) is 2. The smallest absolute Gasteiger partial charge is 0.261 e. The van der Waals surface area contributed by atoms with Crippen molar-refractivity contribution >= 4 is 34.1 Å². The summed E-state index contributed by atoms with van der Waals surface area (Å²) in [6.45, 7) is 1.09. The zero-order chi connectivity index (χ0) is 23.2. The number of hydrogen-bond donors (Lipinski definition) is 0. The van der Waals surface area contributed by atoms with Crippen molar-refractivity contribution in [3.63, 3.8) is 0 Å². The Bertz CT molecular complexity index is 1300. The largest absolute Gasteiger partial charge is 0.497 e. The lowest BCUT2D eigenvalue weighted by Crippen LogP contribution is -2.23. The first-order valence-corrected chi connectivity index (χ1v) is 11.5. The maximum atomic E-state index is 13.3. The Kier molecular flexibility index (Phi) is 7.53. The van der Waals surface area contributed by atoms with Gasteiger partial charge in [0.1, 0.15) is 17.3 Å². The van der Waals surface area contributed by atoms with E-state index in [0.29, 0.717) is 45.7 Å². The molecule has 0 saturated heterocycles. The minimum absolute atomic E-state index is 0.0339. The van der Waals surface area contributed by atoms with Crippen LogP contribution in [0.5, 0.6) is 11.5 Å². The van der Waals surface area contributed by atoms with Gasteiger partial charge in [-0.3, -0.25) is 9.36 Å². The van der Waals surface area contributed by atoms with Crippen LogP contribution in [-0.2, 0) is 6.54 Å². The Morgan fingerprint density at radius 2 is 1.73 bits per heavy atom. The predicted molar refractivity (Wildman–Crippen MR) is 134 cm³/mol. The number of aromatic nitrogens is 2. The fourth-order valence-corrected chi connectivity index (χ4v) is 3.99. The van der Waals surface area contributed by atoms with Crippen LogP contribution in [0.15, 0.2) is 71.5 Å². The first-order chi connectivity index (χ1) is 16.1. The molecule has 0 aliphatic carbocycles. The van der Waals surface area contributed by atoms with Crippen LogP contribution < -0.4 is 15.0 Å². The van der Waals surface area contributed by atoms with Gasteiger partial charge in [-0.25, -0.2) is 4.98 Å². The second kappa shape index (κ2) is 10.7. The van der Waals surface area contributed by atoms with E-state index in [1.807, 2.05) is 48.5 Å². The van der Waals surface area contributed by atoms with Crippen molar-refractivity contribution in [1.29, 1.82) is 0 Å². The molecule has 0 saturated carbocycles. The van der Waals surface area contributed by atoms with Gasteiger partial charge in [0.15, 0.2) is 0 Å². The third-order valence-corrected chi connectivity index (χ3v) is 5.93. The highest BCUT2D eigenvalue weighted by Crippen LogP contribution is 2.28. The summed E-state index contributed by atoms with van der Waals surface area (Å²) in [6.07, 6.45) is 2.53. The van der Waals surface area contributed by atoms with Crippen LogP contribution in [0, 0.1) is 0 Å². The zero-order valence-electron chi connectivity index (χ0n) is 18.3. The van der Waals surface area contributed by atoms with Crippen molar-refractivity contribution in [2.24, 2.45) is 0 Å². The maximum absolute atomic E-state index is 13.3. The average molecular weight is 483 g/mol. The summed E-state index contributed by atoms with van der Waals surface area (Å²) in [7, 11) is 1.63. The Labute approximate surface area is 202 Å². The van der Waals surface area contributed by atoms with Gasteiger partial charge in [0.25, 0.3) is 5.56 Å². The molecule has 33 heavy (non-hydrogen) atoms. The minimum atomic E-state index is -0.0339. The molecule has 0 unspecified atom stereocenters. The van der Waals surface area contributed by atoms with Gasteiger partial charge in [-0.1, -0.05) is 35.3 Å². The van der Waals surface area contributed by atoms with Crippen LogP contribution in [0.4, 0.5) is 0 Å². The molecule has 0 atom stereocenters. The normalized spacial score (nSPS) is 11.0. The van der Waals surface area contributed by atoms with Crippen molar-refractivity contribution < 1.29 is 9.47 Å². The molecule has 0 spiro atoms. The number of para-hydroxylation sites is 1. The van der Waals surface area contributed by atoms with Crippen molar-refractivity contribution in [1.82, 2.24) is 9.55 Å². The first kappa shape index (κ1) is 23.1. The number of nitrogens with zero attached hydrogens (tertiary/aromatic N) is 2. The SMILES string of the molecule is COc1ccc(-c2nc3ccccc3c(=O)n2CCCCCOc2cc(Cl)ccc2Cl)cc1. The fraction of sp³-hybridized carbons (Fsp3) is 0.231. The highest BCUT2D eigenvalue weighted by molar-refractivity contribution is 6.34. The molecule has 4 aromatic rings. The van der Waals surface area contributed by atoms with Gasteiger partial charge in [0, 0.05) is 23.2 Å². The van der Waals surface area contributed by atoms with Crippen molar-refractivity contribution in [2.45, 2.75) is 25.8 Å². The Balaban J connectivity index is 1.47. The lowest BCUT2D eigenvalue weighted by atomic mass is 10.1. The molecule has 1 heterocycles. The minimum Gasteiger partial charge on any atom is -0.497 e. The summed E-state index contributed by atoms with van der Waals surface area (Å²) >= 11 is 12.1. The van der Waals surface area contributed by atoms with E-state index in [2.05, 4.69) is 0 Å². The summed E-state index contributed by atoms with van der Waals surface area (Å²) < 4.78 is 12.8. The summed E-state index contributed by atoms with van der Waals surface area (Å²) in [6, 6.07) is 20.2. The van der Waals surface area contributed by atoms with Crippen LogP contribution in [0.1, 0.15) is 19.3 Å². The fourth-order valence-electron chi connectivity index (χ4n) is 3.65. The Morgan fingerprint density at radius 3 is 2.52 bits per heavy atom. The molecule has 0 aliphatic heterocycles.